The van der Waals surface area contributed by atoms with Crippen LogP contribution in [0.1, 0.15) is 11.3 Å². The number of anilines is 1. The predicted octanol–water partition coefficient (Wildman–Crippen LogP) is 4.84. The average molecular weight is 552 g/mol. The molecule has 3 heterocycles. The number of nitrogens with one attached hydrogen (secondary N) is 1. The SMILES string of the molecule is COc1ccc(-c2cn(Cc3cn4c(NCc5ccc(OC)cc5OC)nc5c(OC)cccc5c4n3)nn2)cc1. The first kappa shape index (κ1) is 25.9. The van der Waals surface area contributed by atoms with Crippen LogP contribution in [-0.2, 0) is 13.1 Å². The van der Waals surface area contributed by atoms with Gasteiger partial charge in [-0.2, -0.15) is 0 Å². The Morgan fingerprint density at radius 1 is 0.780 bits per heavy atom. The van der Waals surface area contributed by atoms with Crippen LogP contribution in [0.3, 0.4) is 0 Å². The Morgan fingerprint density at radius 2 is 1.56 bits per heavy atom. The van der Waals surface area contributed by atoms with Crippen LogP contribution in [-0.4, -0.2) is 57.8 Å². The molecule has 0 fully saturated rings. The maximum Gasteiger partial charge on any atom is 0.209 e. The molecule has 0 bridgehead atoms. The number of hydrogen-bond acceptors (Lipinski definition) is 9. The van der Waals surface area contributed by atoms with Crippen LogP contribution in [0.25, 0.3) is 27.8 Å². The third-order valence-corrected chi connectivity index (χ3v) is 6.84. The standard InChI is InChI=1S/C30H29N7O4/c1-38-22-11-8-19(9-12-22)25-18-36(35-34-25)16-21-17-37-29(32-21)24-6-5-7-26(40-3)28(24)33-30(37)31-15-20-10-13-23(39-2)14-27(20)41-4/h5-14,17-18H,15-16H2,1-4H3,(H,31,33). The number of imidazole rings is 1. The van der Waals surface area contributed by atoms with Gasteiger partial charge in [-0.1, -0.05) is 11.3 Å². The average Bonchev–Trinajstić information content (AvgIpc) is 3.67. The lowest BCUT2D eigenvalue weighted by molar-refractivity contribution is 0.391. The van der Waals surface area contributed by atoms with Gasteiger partial charge in [0.1, 0.15) is 39.9 Å². The van der Waals surface area contributed by atoms with E-state index in [0.717, 1.165) is 50.8 Å². The Bertz CT molecular complexity index is 1830. The molecule has 0 aliphatic heterocycles. The van der Waals surface area contributed by atoms with Crippen molar-refractivity contribution < 1.29 is 18.9 Å². The molecule has 41 heavy (non-hydrogen) atoms. The van der Waals surface area contributed by atoms with Gasteiger partial charge in [0.05, 0.1) is 46.9 Å². The van der Waals surface area contributed by atoms with Gasteiger partial charge in [-0.3, -0.25) is 4.40 Å². The predicted molar refractivity (Wildman–Crippen MR) is 155 cm³/mol. The van der Waals surface area contributed by atoms with E-state index >= 15 is 0 Å². The number of methoxy groups -OCH3 is 4. The summed E-state index contributed by atoms with van der Waals surface area (Å²) in [5.41, 5.74) is 4.95. The Hall–Kier alpha value is -5.32. The minimum absolute atomic E-state index is 0.433. The van der Waals surface area contributed by atoms with Crippen LogP contribution < -0.4 is 24.3 Å². The summed E-state index contributed by atoms with van der Waals surface area (Å²) in [4.78, 5) is 9.90. The molecule has 0 aliphatic rings. The second kappa shape index (κ2) is 11.0. The third kappa shape index (κ3) is 5.05. The lowest BCUT2D eigenvalue weighted by atomic mass is 10.2. The quantitative estimate of drug-likeness (QED) is 0.256. The summed E-state index contributed by atoms with van der Waals surface area (Å²) in [6.07, 6.45) is 3.86. The second-order valence-electron chi connectivity index (χ2n) is 9.28. The normalized spacial score (nSPS) is 11.1. The Kier molecular flexibility index (Phi) is 6.99. The summed E-state index contributed by atoms with van der Waals surface area (Å²) in [5, 5.41) is 13.0. The molecule has 3 aromatic heterocycles. The van der Waals surface area contributed by atoms with Gasteiger partial charge in [0.2, 0.25) is 5.95 Å². The molecule has 3 aromatic carbocycles. The van der Waals surface area contributed by atoms with Gasteiger partial charge in [0.25, 0.3) is 0 Å². The van der Waals surface area contributed by atoms with Gasteiger partial charge in [0.15, 0.2) is 0 Å². The van der Waals surface area contributed by atoms with Gasteiger partial charge in [-0.05, 0) is 48.5 Å². The van der Waals surface area contributed by atoms with Crippen molar-refractivity contribution in [2.24, 2.45) is 0 Å². The molecule has 0 saturated heterocycles. The van der Waals surface area contributed by atoms with E-state index in [1.165, 1.54) is 0 Å². The molecular weight excluding hydrogens is 522 g/mol. The molecule has 0 aliphatic carbocycles. The highest BCUT2D eigenvalue weighted by Crippen LogP contribution is 2.30. The van der Waals surface area contributed by atoms with E-state index in [4.69, 9.17) is 28.9 Å². The maximum atomic E-state index is 5.63. The minimum atomic E-state index is 0.433. The number of ether oxygens (including phenoxy) is 4. The van der Waals surface area contributed by atoms with Crippen molar-refractivity contribution in [3.05, 3.63) is 84.3 Å². The topological polar surface area (TPSA) is 110 Å². The highest BCUT2D eigenvalue weighted by Gasteiger charge is 2.16. The zero-order valence-corrected chi connectivity index (χ0v) is 23.2. The summed E-state index contributed by atoms with van der Waals surface area (Å²) < 4.78 is 25.5. The van der Waals surface area contributed by atoms with Crippen molar-refractivity contribution in [3.8, 4) is 34.3 Å². The fourth-order valence-corrected chi connectivity index (χ4v) is 4.73. The van der Waals surface area contributed by atoms with E-state index in [1.807, 2.05) is 77.5 Å². The summed E-state index contributed by atoms with van der Waals surface area (Å²) >= 11 is 0. The number of aromatic nitrogens is 6. The van der Waals surface area contributed by atoms with E-state index in [1.54, 1.807) is 33.1 Å². The lowest BCUT2D eigenvalue weighted by Crippen LogP contribution is -2.08. The zero-order valence-electron chi connectivity index (χ0n) is 23.2. The Balaban J connectivity index is 1.35. The second-order valence-corrected chi connectivity index (χ2v) is 9.28. The monoisotopic (exact) mass is 551 g/mol. The van der Waals surface area contributed by atoms with Crippen molar-refractivity contribution in [1.29, 1.82) is 0 Å². The van der Waals surface area contributed by atoms with Gasteiger partial charge >= 0.3 is 0 Å². The first-order valence-electron chi connectivity index (χ1n) is 12.9. The van der Waals surface area contributed by atoms with Gasteiger partial charge in [-0.25, -0.2) is 14.6 Å². The maximum absolute atomic E-state index is 5.63. The highest BCUT2D eigenvalue weighted by molar-refractivity contribution is 5.96. The molecule has 1 N–H and O–H groups in total. The first-order chi connectivity index (χ1) is 20.1. The molecule has 0 radical (unpaired) electrons. The van der Waals surface area contributed by atoms with Crippen molar-refractivity contribution in [1.82, 2.24) is 29.4 Å². The third-order valence-electron chi connectivity index (χ3n) is 6.84. The van der Waals surface area contributed by atoms with Crippen LogP contribution in [0.15, 0.2) is 73.1 Å². The highest BCUT2D eigenvalue weighted by atomic mass is 16.5. The lowest BCUT2D eigenvalue weighted by Gasteiger charge is -2.14. The number of benzene rings is 3. The molecule has 0 unspecified atom stereocenters. The van der Waals surface area contributed by atoms with Gasteiger partial charge in [-0.15, -0.1) is 5.10 Å². The van der Waals surface area contributed by atoms with Crippen molar-refractivity contribution in [3.63, 3.8) is 0 Å². The first-order valence-corrected chi connectivity index (χ1v) is 12.9. The molecule has 6 rings (SSSR count). The van der Waals surface area contributed by atoms with Crippen molar-refractivity contribution in [2.75, 3.05) is 33.8 Å². The van der Waals surface area contributed by atoms with E-state index in [-0.39, 0.29) is 0 Å². The van der Waals surface area contributed by atoms with Crippen LogP contribution in [0.2, 0.25) is 0 Å². The molecule has 0 amide bonds. The van der Waals surface area contributed by atoms with E-state index in [9.17, 15) is 0 Å². The van der Waals surface area contributed by atoms with Crippen LogP contribution >= 0.6 is 0 Å². The molecule has 6 aromatic rings. The largest absolute Gasteiger partial charge is 0.497 e. The van der Waals surface area contributed by atoms with Crippen molar-refractivity contribution in [2.45, 2.75) is 13.1 Å². The number of fused-ring (bicyclic) bond motifs is 3. The van der Waals surface area contributed by atoms with E-state index in [2.05, 4.69) is 15.6 Å². The van der Waals surface area contributed by atoms with Crippen LogP contribution in [0.4, 0.5) is 5.95 Å². The molecule has 11 heteroatoms. The number of rotatable bonds is 10. The Morgan fingerprint density at radius 3 is 2.32 bits per heavy atom. The van der Waals surface area contributed by atoms with Crippen LogP contribution in [0, 0.1) is 0 Å². The van der Waals surface area contributed by atoms with E-state index < -0.39 is 0 Å². The fraction of sp³-hybridized carbons (Fsp3) is 0.200. The minimum Gasteiger partial charge on any atom is -0.497 e. The molecule has 0 saturated carbocycles. The molecule has 11 nitrogen and oxygen atoms in total. The summed E-state index contributed by atoms with van der Waals surface area (Å²) in [5.74, 6) is 3.52. The molecular formula is C30H29N7O4. The zero-order chi connectivity index (χ0) is 28.3. The Labute approximate surface area is 236 Å². The van der Waals surface area contributed by atoms with E-state index in [0.29, 0.717) is 30.3 Å². The summed E-state index contributed by atoms with van der Waals surface area (Å²) in [7, 11) is 6.55. The smallest absolute Gasteiger partial charge is 0.209 e. The molecule has 0 atom stereocenters. The number of hydrogen-bond donors (Lipinski definition) is 1. The molecule has 208 valence electrons. The van der Waals surface area contributed by atoms with Crippen LogP contribution in [0.5, 0.6) is 23.0 Å². The number of nitrogens with zero attached hydrogens (tertiary/aromatic N) is 6. The fourth-order valence-electron chi connectivity index (χ4n) is 4.73. The molecule has 0 spiro atoms. The summed E-state index contributed by atoms with van der Waals surface area (Å²) in [6.45, 7) is 0.903. The van der Waals surface area contributed by atoms with Gasteiger partial charge < -0.3 is 24.3 Å². The summed E-state index contributed by atoms with van der Waals surface area (Å²) in [6, 6.07) is 19.3. The number of para-hydroxylation sites is 1. The van der Waals surface area contributed by atoms with Crippen molar-refractivity contribution >= 4 is 22.5 Å². The van der Waals surface area contributed by atoms with Gasteiger partial charge in [0, 0.05) is 35.3 Å².